The Kier molecular flexibility index (Phi) is 5.41. The maximum atomic E-state index is 13.6. The molecule has 0 aromatic heterocycles. The van der Waals surface area contributed by atoms with Gasteiger partial charge in [0.25, 0.3) is 0 Å². The van der Waals surface area contributed by atoms with Crippen LogP contribution < -0.4 is 4.72 Å². The van der Waals surface area contributed by atoms with E-state index in [4.69, 9.17) is 11.6 Å². The molecule has 0 radical (unpaired) electrons. The van der Waals surface area contributed by atoms with Crippen LogP contribution in [0.1, 0.15) is 25.7 Å². The van der Waals surface area contributed by atoms with E-state index in [2.05, 4.69) is 4.72 Å². The third-order valence-corrected chi connectivity index (χ3v) is 5.78. The molecule has 0 amide bonds. The number of hydrogen-bond donors (Lipinski definition) is 1. The lowest BCUT2D eigenvalue weighted by molar-refractivity contribution is 0.260. The molecule has 0 bridgehead atoms. The minimum atomic E-state index is -3.79. The molecule has 112 valence electrons. The van der Waals surface area contributed by atoms with Crippen molar-refractivity contribution < 1.29 is 12.8 Å². The Bertz CT molecular complexity index is 550. The molecule has 1 saturated carbocycles. The van der Waals surface area contributed by atoms with Gasteiger partial charge in [-0.1, -0.05) is 25.0 Å². The summed E-state index contributed by atoms with van der Waals surface area (Å²) in [6.07, 6.45) is 4.25. The van der Waals surface area contributed by atoms with Gasteiger partial charge in [-0.15, -0.1) is 11.6 Å². The molecule has 2 atom stereocenters. The summed E-state index contributed by atoms with van der Waals surface area (Å²) in [7, 11) is -3.79. The molecule has 0 aliphatic heterocycles. The predicted octanol–water partition coefficient (Wildman–Crippen LogP) is 3.15. The summed E-state index contributed by atoms with van der Waals surface area (Å²) in [4.78, 5) is -0.293. The molecule has 3 nitrogen and oxygen atoms in total. The van der Waals surface area contributed by atoms with Crippen molar-refractivity contribution in [3.8, 4) is 0 Å². The number of benzene rings is 1. The van der Waals surface area contributed by atoms with Crippen molar-refractivity contribution in [3.63, 3.8) is 0 Å². The first-order chi connectivity index (χ1) is 9.54. The van der Waals surface area contributed by atoms with Crippen LogP contribution in [0.25, 0.3) is 0 Å². The molecule has 0 spiro atoms. The first-order valence-electron chi connectivity index (χ1n) is 6.85. The molecule has 0 heterocycles. The Hall–Kier alpha value is -0.650. The quantitative estimate of drug-likeness (QED) is 0.847. The van der Waals surface area contributed by atoms with Gasteiger partial charge < -0.3 is 0 Å². The lowest BCUT2D eigenvalue weighted by atomic mass is 9.80. The molecular weight excluding hydrogens is 301 g/mol. The Labute approximate surface area is 124 Å². The van der Waals surface area contributed by atoms with Gasteiger partial charge in [0.2, 0.25) is 10.0 Å². The average molecular weight is 320 g/mol. The fourth-order valence-electron chi connectivity index (χ4n) is 2.71. The lowest BCUT2D eigenvalue weighted by Crippen LogP contribution is -2.35. The van der Waals surface area contributed by atoms with Gasteiger partial charge in [-0.2, -0.15) is 0 Å². The van der Waals surface area contributed by atoms with Crippen LogP contribution in [0.3, 0.4) is 0 Å². The second-order valence-corrected chi connectivity index (χ2v) is 7.29. The summed E-state index contributed by atoms with van der Waals surface area (Å²) < 4.78 is 40.3. The minimum absolute atomic E-state index is 0.239. The van der Waals surface area contributed by atoms with Crippen molar-refractivity contribution in [1.82, 2.24) is 4.72 Å². The van der Waals surface area contributed by atoms with Crippen LogP contribution in [0.5, 0.6) is 0 Å². The molecule has 2 rings (SSSR count). The third kappa shape index (κ3) is 3.71. The van der Waals surface area contributed by atoms with Crippen molar-refractivity contribution in [2.75, 3.05) is 12.4 Å². The summed E-state index contributed by atoms with van der Waals surface area (Å²) in [5, 5.41) is 0. The van der Waals surface area contributed by atoms with Gasteiger partial charge >= 0.3 is 0 Å². The molecule has 1 aliphatic rings. The Morgan fingerprint density at radius 2 is 1.85 bits per heavy atom. The molecule has 1 aromatic carbocycles. The molecule has 6 heteroatoms. The summed E-state index contributed by atoms with van der Waals surface area (Å²) in [6, 6.07) is 5.41. The van der Waals surface area contributed by atoms with Gasteiger partial charge in [-0.05, 0) is 36.8 Å². The van der Waals surface area contributed by atoms with Crippen LogP contribution in [-0.2, 0) is 10.0 Å². The van der Waals surface area contributed by atoms with E-state index in [1.807, 2.05) is 0 Å². The summed E-state index contributed by atoms with van der Waals surface area (Å²) in [6.45, 7) is 0.327. The van der Waals surface area contributed by atoms with E-state index in [1.165, 1.54) is 18.2 Å². The topological polar surface area (TPSA) is 46.2 Å². The number of nitrogens with one attached hydrogen (secondary N) is 1. The van der Waals surface area contributed by atoms with E-state index in [0.29, 0.717) is 18.3 Å². The highest BCUT2D eigenvalue weighted by atomic mass is 35.5. The van der Waals surface area contributed by atoms with E-state index in [-0.39, 0.29) is 10.8 Å². The van der Waals surface area contributed by atoms with Gasteiger partial charge in [0.15, 0.2) is 0 Å². The molecule has 20 heavy (non-hydrogen) atoms. The van der Waals surface area contributed by atoms with E-state index in [1.54, 1.807) is 0 Å². The van der Waals surface area contributed by atoms with Crippen molar-refractivity contribution in [1.29, 1.82) is 0 Å². The first kappa shape index (κ1) is 15.7. The van der Waals surface area contributed by atoms with E-state index < -0.39 is 15.8 Å². The standard InChI is InChI=1S/C14H19ClFNO2S/c15-9-11-5-1-2-6-12(11)10-17-20(18,19)14-8-4-3-7-13(14)16/h3-4,7-8,11-12,17H,1-2,5-6,9-10H2. The number of rotatable bonds is 5. The fourth-order valence-corrected chi connectivity index (χ4v) is 4.29. The van der Waals surface area contributed by atoms with Gasteiger partial charge in [0.1, 0.15) is 10.7 Å². The summed E-state index contributed by atoms with van der Waals surface area (Å²) >= 11 is 5.93. The highest BCUT2D eigenvalue weighted by molar-refractivity contribution is 7.89. The van der Waals surface area contributed by atoms with Crippen LogP contribution in [0, 0.1) is 17.7 Å². The van der Waals surface area contributed by atoms with E-state index in [0.717, 1.165) is 31.7 Å². The van der Waals surface area contributed by atoms with E-state index >= 15 is 0 Å². The van der Waals surface area contributed by atoms with Crippen molar-refractivity contribution in [2.45, 2.75) is 30.6 Å². The lowest BCUT2D eigenvalue weighted by Gasteiger charge is -2.30. The Balaban J connectivity index is 2.04. The average Bonchev–Trinajstić information content (AvgIpc) is 2.46. The highest BCUT2D eigenvalue weighted by Gasteiger charge is 2.26. The predicted molar refractivity (Wildman–Crippen MR) is 77.8 cm³/mol. The largest absolute Gasteiger partial charge is 0.243 e. The van der Waals surface area contributed by atoms with Gasteiger partial charge in [0, 0.05) is 12.4 Å². The number of halogens is 2. The molecule has 1 fully saturated rings. The molecule has 0 saturated heterocycles. The van der Waals surface area contributed by atoms with Gasteiger partial charge in [-0.25, -0.2) is 17.5 Å². The van der Waals surface area contributed by atoms with Crippen LogP contribution in [0.4, 0.5) is 4.39 Å². The van der Waals surface area contributed by atoms with Crippen LogP contribution >= 0.6 is 11.6 Å². The molecule has 2 unspecified atom stereocenters. The minimum Gasteiger partial charge on any atom is -0.211 e. The SMILES string of the molecule is O=S(=O)(NCC1CCCCC1CCl)c1ccccc1F. The van der Waals surface area contributed by atoms with Gasteiger partial charge in [-0.3, -0.25) is 0 Å². The maximum absolute atomic E-state index is 13.6. The first-order valence-corrected chi connectivity index (χ1v) is 8.86. The summed E-state index contributed by atoms with van der Waals surface area (Å²) in [5.74, 6) is 0.403. The zero-order chi connectivity index (χ0) is 14.6. The normalized spacial score (nSPS) is 23.7. The highest BCUT2D eigenvalue weighted by Crippen LogP contribution is 2.30. The molecular formula is C14H19ClFNO2S. The van der Waals surface area contributed by atoms with Gasteiger partial charge in [0.05, 0.1) is 0 Å². The van der Waals surface area contributed by atoms with Crippen molar-refractivity contribution in [3.05, 3.63) is 30.1 Å². The number of sulfonamides is 1. The monoisotopic (exact) mass is 319 g/mol. The van der Waals surface area contributed by atoms with Crippen LogP contribution in [0.2, 0.25) is 0 Å². The summed E-state index contributed by atoms with van der Waals surface area (Å²) in [5.41, 5.74) is 0. The number of alkyl halides is 1. The molecule has 1 N–H and O–H groups in total. The third-order valence-electron chi connectivity index (χ3n) is 3.93. The van der Waals surface area contributed by atoms with Crippen molar-refractivity contribution >= 4 is 21.6 Å². The zero-order valence-corrected chi connectivity index (χ0v) is 12.8. The maximum Gasteiger partial charge on any atom is 0.243 e. The van der Waals surface area contributed by atoms with Crippen molar-refractivity contribution in [2.24, 2.45) is 11.8 Å². The zero-order valence-electron chi connectivity index (χ0n) is 11.2. The fraction of sp³-hybridized carbons (Fsp3) is 0.571. The number of hydrogen-bond acceptors (Lipinski definition) is 2. The Morgan fingerprint density at radius 3 is 2.50 bits per heavy atom. The van der Waals surface area contributed by atoms with Crippen LogP contribution in [-0.4, -0.2) is 20.8 Å². The van der Waals surface area contributed by atoms with Crippen LogP contribution in [0.15, 0.2) is 29.2 Å². The Morgan fingerprint density at radius 1 is 1.20 bits per heavy atom. The molecule has 1 aliphatic carbocycles. The second-order valence-electron chi connectivity index (χ2n) is 5.24. The second kappa shape index (κ2) is 6.87. The molecule has 1 aromatic rings. The smallest absolute Gasteiger partial charge is 0.211 e. The van der Waals surface area contributed by atoms with E-state index in [9.17, 15) is 12.8 Å².